The lowest BCUT2D eigenvalue weighted by Crippen LogP contribution is -2.15. The molecule has 7 rings (SSSR count). The third-order valence-electron chi connectivity index (χ3n) is 9.59. The van der Waals surface area contributed by atoms with E-state index >= 15 is 0 Å². The summed E-state index contributed by atoms with van der Waals surface area (Å²) < 4.78 is 2.34. The third kappa shape index (κ3) is 5.11. The summed E-state index contributed by atoms with van der Waals surface area (Å²) in [5.74, 6) is 0. The molecule has 0 aliphatic heterocycles. The molecule has 4 aromatic carbocycles. The molecule has 2 aromatic heterocycles. The van der Waals surface area contributed by atoms with Gasteiger partial charge in [0.1, 0.15) is 0 Å². The van der Waals surface area contributed by atoms with Crippen molar-refractivity contribution in [2.24, 2.45) is 0 Å². The number of benzene rings is 4. The first-order valence-electron chi connectivity index (χ1n) is 16.4. The van der Waals surface area contributed by atoms with E-state index < -0.39 is 0 Å². The minimum absolute atomic E-state index is 0.113. The van der Waals surface area contributed by atoms with Crippen molar-refractivity contribution in [1.29, 1.82) is 0 Å². The molecule has 2 nitrogen and oxygen atoms in total. The highest BCUT2D eigenvalue weighted by Crippen LogP contribution is 2.49. The number of hydrogen-bond donors (Lipinski definition) is 0. The van der Waals surface area contributed by atoms with Crippen molar-refractivity contribution in [1.82, 2.24) is 9.55 Å². The predicted molar refractivity (Wildman–Crippen MR) is 204 cm³/mol. The van der Waals surface area contributed by atoms with Crippen LogP contribution in [0, 0.1) is 0 Å². The van der Waals surface area contributed by atoms with E-state index in [1.165, 1.54) is 55.2 Å². The van der Waals surface area contributed by atoms with E-state index in [-0.39, 0.29) is 5.41 Å². The maximum Gasteiger partial charge on any atom is 0.0715 e. The molecular weight excluding hydrogens is 569 g/mol. The summed E-state index contributed by atoms with van der Waals surface area (Å²) in [5.41, 5.74) is 14.0. The Morgan fingerprint density at radius 2 is 1.51 bits per heavy atom. The van der Waals surface area contributed by atoms with Crippen molar-refractivity contribution in [2.45, 2.75) is 40.0 Å². The molecule has 0 saturated carbocycles. The van der Waals surface area contributed by atoms with Gasteiger partial charge in [0.2, 0.25) is 0 Å². The van der Waals surface area contributed by atoms with Crippen LogP contribution in [-0.4, -0.2) is 9.55 Å². The molecule has 0 radical (unpaired) electrons. The first-order chi connectivity index (χ1) is 22.8. The molecule has 0 N–H and O–H groups in total. The van der Waals surface area contributed by atoms with Crippen LogP contribution in [0.25, 0.3) is 61.2 Å². The Kier molecular flexibility index (Phi) is 7.74. The predicted octanol–water partition coefficient (Wildman–Crippen LogP) is 12.3. The van der Waals surface area contributed by atoms with Gasteiger partial charge in [-0.15, -0.1) is 0 Å². The first kappa shape index (κ1) is 30.2. The zero-order chi connectivity index (χ0) is 32.7. The number of hydrogen-bond acceptors (Lipinski definition) is 1. The van der Waals surface area contributed by atoms with Crippen molar-refractivity contribution in [2.75, 3.05) is 0 Å². The molecule has 0 fully saturated rings. The van der Waals surface area contributed by atoms with Gasteiger partial charge in [-0.25, -0.2) is 4.98 Å². The van der Waals surface area contributed by atoms with E-state index in [1.54, 1.807) is 0 Å². The Morgan fingerprint density at radius 1 is 0.787 bits per heavy atom. The van der Waals surface area contributed by atoms with Gasteiger partial charge in [-0.2, -0.15) is 0 Å². The zero-order valence-corrected chi connectivity index (χ0v) is 27.9. The highest BCUT2D eigenvalue weighted by molar-refractivity contribution is 6.11. The number of nitrogens with zero attached hydrogens (tertiary/aromatic N) is 2. The highest BCUT2D eigenvalue weighted by Gasteiger charge is 2.36. The average molecular weight is 609 g/mol. The molecule has 0 amide bonds. The van der Waals surface area contributed by atoms with E-state index in [9.17, 15) is 0 Å². The van der Waals surface area contributed by atoms with Crippen molar-refractivity contribution >= 4 is 50.1 Å². The lowest BCUT2D eigenvalue weighted by Gasteiger charge is -2.22. The fourth-order valence-electron chi connectivity index (χ4n) is 7.25. The Balaban J connectivity index is 1.33. The Morgan fingerprint density at radius 3 is 2.26 bits per heavy atom. The van der Waals surface area contributed by atoms with E-state index in [0.29, 0.717) is 0 Å². The molecular formula is C45H40N2. The number of fused-ring (bicyclic) bond motifs is 5. The van der Waals surface area contributed by atoms with Gasteiger partial charge in [-0.3, -0.25) is 0 Å². The summed E-state index contributed by atoms with van der Waals surface area (Å²) in [6.07, 6.45) is 15.2. The summed E-state index contributed by atoms with van der Waals surface area (Å²) in [7, 11) is 0. The normalized spacial score (nSPS) is 15.2. The summed E-state index contributed by atoms with van der Waals surface area (Å²) >= 11 is 0. The fraction of sp³-hybridized carbons (Fsp3) is 0.133. The molecule has 2 heterocycles. The van der Waals surface area contributed by atoms with Crippen LogP contribution in [-0.2, 0) is 5.41 Å². The van der Waals surface area contributed by atoms with E-state index in [1.807, 2.05) is 6.08 Å². The van der Waals surface area contributed by atoms with Gasteiger partial charge < -0.3 is 4.57 Å². The molecule has 0 saturated heterocycles. The molecule has 1 aliphatic carbocycles. The van der Waals surface area contributed by atoms with Crippen LogP contribution in [0.5, 0.6) is 0 Å². The maximum absolute atomic E-state index is 5.10. The van der Waals surface area contributed by atoms with Gasteiger partial charge in [0.15, 0.2) is 0 Å². The molecule has 0 spiro atoms. The minimum Gasteiger partial charge on any atom is -0.316 e. The zero-order valence-electron chi connectivity index (χ0n) is 27.9. The van der Waals surface area contributed by atoms with Gasteiger partial charge in [0.25, 0.3) is 0 Å². The Labute approximate surface area is 278 Å². The molecule has 0 unspecified atom stereocenters. The number of aromatic nitrogens is 2. The third-order valence-corrected chi connectivity index (χ3v) is 9.59. The number of pyridine rings is 1. The molecule has 230 valence electrons. The van der Waals surface area contributed by atoms with Crippen molar-refractivity contribution < 1.29 is 0 Å². The first-order valence-corrected chi connectivity index (χ1v) is 16.4. The van der Waals surface area contributed by atoms with E-state index in [4.69, 9.17) is 4.98 Å². The second-order valence-corrected chi connectivity index (χ2v) is 12.8. The van der Waals surface area contributed by atoms with Crippen LogP contribution in [0.15, 0.2) is 151 Å². The van der Waals surface area contributed by atoms with Gasteiger partial charge in [-0.1, -0.05) is 118 Å². The van der Waals surface area contributed by atoms with E-state index in [2.05, 4.69) is 179 Å². The van der Waals surface area contributed by atoms with Crippen LogP contribution in [0.1, 0.15) is 51.4 Å². The quantitative estimate of drug-likeness (QED) is 0.165. The van der Waals surface area contributed by atoms with Crippen LogP contribution in [0.4, 0.5) is 0 Å². The average Bonchev–Trinajstić information content (AvgIpc) is 3.52. The number of allylic oxidation sites excluding steroid dienone is 10. The number of para-hydroxylation sites is 2. The van der Waals surface area contributed by atoms with Crippen LogP contribution < -0.4 is 0 Å². The molecule has 2 heteroatoms. The Bertz CT molecular complexity index is 2350. The van der Waals surface area contributed by atoms with Crippen molar-refractivity contribution in [3.05, 3.63) is 168 Å². The Hall–Kier alpha value is -5.47. The van der Waals surface area contributed by atoms with Crippen LogP contribution >= 0.6 is 0 Å². The van der Waals surface area contributed by atoms with Crippen molar-refractivity contribution in [3.8, 4) is 11.1 Å². The van der Waals surface area contributed by atoms with Crippen LogP contribution in [0.2, 0.25) is 0 Å². The summed E-state index contributed by atoms with van der Waals surface area (Å²) in [6, 6.07) is 34.7. The number of rotatable bonds is 7. The highest BCUT2D eigenvalue weighted by atomic mass is 15.0. The van der Waals surface area contributed by atoms with E-state index in [0.717, 1.165) is 27.7 Å². The summed E-state index contributed by atoms with van der Waals surface area (Å²) in [4.78, 5) is 5.10. The van der Waals surface area contributed by atoms with Gasteiger partial charge >= 0.3 is 0 Å². The van der Waals surface area contributed by atoms with Gasteiger partial charge in [0.05, 0.1) is 22.2 Å². The summed E-state index contributed by atoms with van der Waals surface area (Å²) in [6.45, 7) is 15.1. The molecule has 0 bridgehead atoms. The largest absolute Gasteiger partial charge is 0.316 e. The topological polar surface area (TPSA) is 17.8 Å². The smallest absolute Gasteiger partial charge is 0.0715 e. The maximum atomic E-state index is 5.10. The molecule has 6 aromatic rings. The molecule has 47 heavy (non-hydrogen) atoms. The minimum atomic E-state index is -0.113. The second-order valence-electron chi connectivity index (χ2n) is 12.8. The SMILES string of the molecule is C=CC1=C(/C=C\C)c2cc3c(cc2C1(C)C)c1ccccc1n3/C=C/C(C)=C\C(=C/C)c1cc(-c2ccccc2)c2ccccc2n1. The van der Waals surface area contributed by atoms with Gasteiger partial charge in [-0.05, 0) is 102 Å². The lowest BCUT2D eigenvalue weighted by atomic mass is 9.81. The van der Waals surface area contributed by atoms with Crippen LogP contribution in [0.3, 0.4) is 0 Å². The summed E-state index contributed by atoms with van der Waals surface area (Å²) in [5, 5.41) is 3.69. The standard InChI is InChI=1S/C45H40N2/c1-7-17-33-37-29-44-38(27-40(37)45(5,6)39(33)9-3)35-21-14-16-23-43(35)47(44)25-24-30(4)26-31(8-2)42-28-36(32-18-11-10-12-19-32)34-20-13-15-22-41(34)46-42/h7-29H,3H2,1-2,4-6H3/b17-7-,25-24+,30-26-,31-8+. The lowest BCUT2D eigenvalue weighted by molar-refractivity contribution is 0.655. The second kappa shape index (κ2) is 12.0. The fourth-order valence-corrected chi connectivity index (χ4v) is 7.25. The molecule has 0 atom stereocenters. The van der Waals surface area contributed by atoms with Crippen molar-refractivity contribution in [3.63, 3.8) is 0 Å². The van der Waals surface area contributed by atoms with Gasteiger partial charge in [0, 0.05) is 27.8 Å². The molecule has 1 aliphatic rings. The monoisotopic (exact) mass is 608 g/mol.